The molecule has 1 aliphatic heterocycles. The number of hydrogen-bond acceptors (Lipinski definition) is 5. The van der Waals surface area contributed by atoms with Gasteiger partial charge in [0.25, 0.3) is 5.91 Å². The SMILES string of the molecule is CCCC(NC(=O)C(C#N)=Cc1nc(Br)ccc1F)c1ccc(OCCN2CCCCC2)cc1. The van der Waals surface area contributed by atoms with E-state index in [-0.39, 0.29) is 17.3 Å². The maximum Gasteiger partial charge on any atom is 0.262 e. The van der Waals surface area contributed by atoms with E-state index in [9.17, 15) is 14.4 Å². The molecule has 1 aliphatic rings. The van der Waals surface area contributed by atoms with Gasteiger partial charge in [-0.15, -0.1) is 0 Å². The predicted molar refractivity (Wildman–Crippen MR) is 134 cm³/mol. The van der Waals surface area contributed by atoms with Gasteiger partial charge in [-0.3, -0.25) is 9.69 Å². The number of carbonyl (C=O) groups is 1. The second-order valence-electron chi connectivity index (χ2n) is 8.31. The molecule has 6 nitrogen and oxygen atoms in total. The second kappa shape index (κ2) is 13.2. The van der Waals surface area contributed by atoms with Crippen LogP contribution in [0.25, 0.3) is 6.08 Å². The average molecular weight is 529 g/mol. The molecular weight excluding hydrogens is 499 g/mol. The minimum atomic E-state index is -0.607. The molecule has 0 radical (unpaired) electrons. The van der Waals surface area contributed by atoms with Crippen molar-refractivity contribution < 1.29 is 13.9 Å². The summed E-state index contributed by atoms with van der Waals surface area (Å²) in [5, 5.41) is 12.4. The fourth-order valence-corrected chi connectivity index (χ4v) is 4.26. The standard InChI is InChI=1S/C26H30BrFN4O2/c1-2-6-23(31-26(33)20(18-29)17-24-22(28)11-12-25(27)30-24)19-7-9-21(10-8-19)34-16-15-32-13-4-3-5-14-32/h7-12,17,23H,2-6,13-16H2,1H3,(H,31,33). The van der Waals surface area contributed by atoms with Crippen molar-refractivity contribution in [3.63, 3.8) is 0 Å². The third-order valence-electron chi connectivity index (χ3n) is 5.78. The van der Waals surface area contributed by atoms with Gasteiger partial charge >= 0.3 is 0 Å². The molecule has 1 unspecified atom stereocenters. The molecule has 0 spiro atoms. The van der Waals surface area contributed by atoms with E-state index in [0.717, 1.165) is 43.4 Å². The summed E-state index contributed by atoms with van der Waals surface area (Å²) in [5.41, 5.74) is 0.644. The van der Waals surface area contributed by atoms with Gasteiger partial charge in [0.2, 0.25) is 0 Å². The molecule has 0 aliphatic carbocycles. The lowest BCUT2D eigenvalue weighted by atomic mass is 10.0. The molecule has 1 aromatic carbocycles. The maximum atomic E-state index is 14.0. The zero-order valence-electron chi connectivity index (χ0n) is 19.4. The first-order valence-electron chi connectivity index (χ1n) is 11.7. The molecule has 180 valence electrons. The molecule has 1 aromatic heterocycles. The summed E-state index contributed by atoms with van der Waals surface area (Å²) in [6.45, 7) is 5.88. The van der Waals surface area contributed by atoms with Crippen LogP contribution in [0.5, 0.6) is 5.75 Å². The highest BCUT2D eigenvalue weighted by molar-refractivity contribution is 9.10. The third-order valence-corrected chi connectivity index (χ3v) is 6.22. The number of hydrogen-bond donors (Lipinski definition) is 1. The number of nitrogens with zero attached hydrogens (tertiary/aromatic N) is 3. The number of halogens is 2. The Labute approximate surface area is 208 Å². The Hall–Kier alpha value is -2.76. The molecule has 34 heavy (non-hydrogen) atoms. The van der Waals surface area contributed by atoms with Crippen molar-refractivity contribution in [2.75, 3.05) is 26.2 Å². The van der Waals surface area contributed by atoms with E-state index in [2.05, 4.69) is 31.1 Å². The summed E-state index contributed by atoms with van der Waals surface area (Å²) in [5.74, 6) is -0.384. The van der Waals surface area contributed by atoms with Gasteiger partial charge in [-0.2, -0.15) is 5.26 Å². The van der Waals surface area contributed by atoms with E-state index < -0.39 is 11.7 Å². The predicted octanol–water partition coefficient (Wildman–Crippen LogP) is 5.41. The quantitative estimate of drug-likeness (QED) is 0.253. The summed E-state index contributed by atoms with van der Waals surface area (Å²) in [6, 6.07) is 11.9. The lowest BCUT2D eigenvalue weighted by Crippen LogP contribution is -2.33. The van der Waals surface area contributed by atoms with E-state index >= 15 is 0 Å². The minimum Gasteiger partial charge on any atom is -0.492 e. The molecule has 2 heterocycles. The van der Waals surface area contributed by atoms with Gasteiger partial charge in [0.1, 0.15) is 40.1 Å². The first-order chi connectivity index (χ1) is 16.5. The Bertz CT molecular complexity index is 1030. The number of carbonyl (C=O) groups excluding carboxylic acids is 1. The lowest BCUT2D eigenvalue weighted by molar-refractivity contribution is -0.117. The van der Waals surface area contributed by atoms with E-state index in [4.69, 9.17) is 4.74 Å². The summed E-state index contributed by atoms with van der Waals surface area (Å²) in [4.78, 5) is 19.2. The van der Waals surface area contributed by atoms with Crippen LogP contribution in [0.2, 0.25) is 0 Å². The van der Waals surface area contributed by atoms with E-state index in [1.165, 1.54) is 31.4 Å². The van der Waals surface area contributed by atoms with Crippen LogP contribution in [-0.2, 0) is 4.79 Å². The Morgan fingerprint density at radius 3 is 2.68 bits per heavy atom. The van der Waals surface area contributed by atoms with Gasteiger partial charge in [-0.05, 0) is 84.2 Å². The van der Waals surface area contributed by atoms with Crippen molar-refractivity contribution in [3.05, 3.63) is 63.6 Å². The van der Waals surface area contributed by atoms with Gasteiger partial charge < -0.3 is 10.1 Å². The number of piperidine rings is 1. The van der Waals surface area contributed by atoms with Crippen LogP contribution in [0.3, 0.4) is 0 Å². The number of aromatic nitrogens is 1. The van der Waals surface area contributed by atoms with E-state index in [0.29, 0.717) is 17.6 Å². The Balaban J connectivity index is 1.63. The van der Waals surface area contributed by atoms with Gasteiger partial charge in [0.05, 0.1) is 6.04 Å². The number of nitrogens with one attached hydrogen (secondary N) is 1. The Morgan fingerprint density at radius 1 is 1.26 bits per heavy atom. The normalized spacial score (nSPS) is 15.4. The second-order valence-corrected chi connectivity index (χ2v) is 9.12. The van der Waals surface area contributed by atoms with Gasteiger partial charge in [0, 0.05) is 6.54 Å². The topological polar surface area (TPSA) is 78.2 Å². The maximum absolute atomic E-state index is 14.0. The smallest absolute Gasteiger partial charge is 0.262 e. The van der Waals surface area contributed by atoms with Gasteiger partial charge in [-0.1, -0.05) is 31.9 Å². The van der Waals surface area contributed by atoms with Crippen LogP contribution in [-0.4, -0.2) is 42.0 Å². The van der Waals surface area contributed by atoms with Crippen LogP contribution in [0.1, 0.15) is 56.3 Å². The zero-order valence-corrected chi connectivity index (χ0v) is 21.0. The number of pyridine rings is 1. The number of ether oxygens (including phenoxy) is 1. The first-order valence-corrected chi connectivity index (χ1v) is 12.5. The van der Waals surface area contributed by atoms with Gasteiger partial charge in [-0.25, -0.2) is 9.37 Å². The Morgan fingerprint density at radius 2 is 2.00 bits per heavy atom. The van der Waals surface area contributed by atoms with Crippen LogP contribution >= 0.6 is 15.9 Å². The molecule has 1 fully saturated rings. The molecule has 0 saturated carbocycles. The third kappa shape index (κ3) is 7.64. The molecular formula is C26H30BrFN4O2. The summed E-state index contributed by atoms with van der Waals surface area (Å²) < 4.78 is 20.3. The number of amides is 1. The summed E-state index contributed by atoms with van der Waals surface area (Å²) >= 11 is 3.18. The van der Waals surface area contributed by atoms with Crippen LogP contribution < -0.4 is 10.1 Å². The molecule has 8 heteroatoms. The van der Waals surface area contributed by atoms with Gasteiger partial charge in [0.15, 0.2) is 0 Å². The van der Waals surface area contributed by atoms with Crippen molar-refractivity contribution in [1.29, 1.82) is 5.26 Å². The van der Waals surface area contributed by atoms with E-state index in [1.807, 2.05) is 37.3 Å². The van der Waals surface area contributed by atoms with Crippen LogP contribution in [0.15, 0.2) is 46.6 Å². The van der Waals surface area contributed by atoms with E-state index in [1.54, 1.807) is 0 Å². The van der Waals surface area contributed by atoms with Crippen LogP contribution in [0, 0.1) is 17.1 Å². The molecule has 2 aromatic rings. The molecule has 0 bridgehead atoms. The molecule has 1 atom stereocenters. The summed E-state index contributed by atoms with van der Waals surface area (Å²) in [6.07, 6.45) is 6.54. The number of nitriles is 1. The van der Waals surface area contributed by atoms with Crippen molar-refractivity contribution >= 4 is 27.9 Å². The molecule has 3 rings (SSSR count). The highest BCUT2D eigenvalue weighted by atomic mass is 79.9. The summed E-state index contributed by atoms with van der Waals surface area (Å²) in [7, 11) is 0. The van der Waals surface area contributed by atoms with Crippen molar-refractivity contribution in [2.24, 2.45) is 0 Å². The highest BCUT2D eigenvalue weighted by Crippen LogP contribution is 2.23. The van der Waals surface area contributed by atoms with Crippen molar-refractivity contribution in [1.82, 2.24) is 15.2 Å². The molecule has 1 saturated heterocycles. The van der Waals surface area contributed by atoms with Crippen molar-refractivity contribution in [2.45, 2.75) is 45.1 Å². The van der Waals surface area contributed by atoms with Crippen LogP contribution in [0.4, 0.5) is 4.39 Å². The van der Waals surface area contributed by atoms with Crippen molar-refractivity contribution in [3.8, 4) is 11.8 Å². The monoisotopic (exact) mass is 528 g/mol. The molecule has 1 N–H and O–H groups in total. The fraction of sp³-hybridized carbons (Fsp3) is 0.423. The largest absolute Gasteiger partial charge is 0.492 e. The minimum absolute atomic E-state index is 0.0702. The zero-order chi connectivity index (χ0) is 24.3. The number of benzene rings is 1. The number of likely N-dealkylation sites (tertiary alicyclic amines) is 1. The highest BCUT2D eigenvalue weighted by Gasteiger charge is 2.18. The Kier molecular flexibility index (Phi) is 10.0. The fourth-order valence-electron chi connectivity index (χ4n) is 3.94. The lowest BCUT2D eigenvalue weighted by Gasteiger charge is -2.26. The number of rotatable bonds is 10. The first kappa shape index (κ1) is 25.9. The molecule has 1 amide bonds. The average Bonchev–Trinajstić information content (AvgIpc) is 2.85.